The van der Waals surface area contributed by atoms with Crippen molar-refractivity contribution in [3.8, 4) is 40.2 Å². The van der Waals surface area contributed by atoms with E-state index in [1.165, 1.54) is 12.1 Å². The normalized spacial score (nSPS) is 11.5. The highest BCUT2D eigenvalue weighted by molar-refractivity contribution is 9.10. The molecule has 0 saturated carbocycles. The maximum Gasteiger partial charge on any atom is 0.573 e. The second kappa shape index (κ2) is 22.6. The van der Waals surface area contributed by atoms with Crippen LogP contribution in [-0.2, 0) is 25.6 Å². The number of hydrogen-bond acceptors (Lipinski definition) is 8. The lowest BCUT2D eigenvalue weighted by molar-refractivity contribution is -0.275. The highest BCUT2D eigenvalue weighted by Gasteiger charge is 2.43. The largest absolute Gasteiger partial charge is 0.573 e. The van der Waals surface area contributed by atoms with Crippen LogP contribution in [0.1, 0.15) is 43.0 Å². The van der Waals surface area contributed by atoms with Crippen molar-refractivity contribution in [3.05, 3.63) is 171 Å². The third kappa shape index (κ3) is 16.4. The Morgan fingerprint density at radius 3 is 1.23 bits per heavy atom. The van der Waals surface area contributed by atoms with Crippen LogP contribution in [0.4, 0.5) is 61.5 Å². The van der Waals surface area contributed by atoms with E-state index in [2.05, 4.69) is 25.4 Å². The molecule has 0 bridgehead atoms. The number of halogens is 15. The molecule has 6 aromatic rings. The van der Waals surface area contributed by atoms with Gasteiger partial charge in [-0.15, -0.1) is 26.3 Å². The van der Waals surface area contributed by atoms with Gasteiger partial charge in [0.25, 0.3) is 0 Å². The predicted molar refractivity (Wildman–Crippen MR) is 214 cm³/mol. The van der Waals surface area contributed by atoms with Crippen molar-refractivity contribution in [1.82, 2.24) is 0 Å². The molecule has 0 saturated heterocycles. The Kier molecular flexibility index (Phi) is 17.7. The molecule has 368 valence electrons. The van der Waals surface area contributed by atoms with Crippen molar-refractivity contribution in [2.75, 3.05) is 0 Å². The highest BCUT2D eigenvalue weighted by atomic mass is 79.9. The Morgan fingerprint density at radius 1 is 0.493 bits per heavy atom. The monoisotopic (exact) mass is 1060 g/mol. The fourth-order valence-electron chi connectivity index (χ4n) is 5.39. The molecule has 0 radical (unpaired) electrons. The van der Waals surface area contributed by atoms with E-state index in [1.807, 2.05) is 0 Å². The maximum absolute atomic E-state index is 14.8. The molecule has 0 aliphatic carbocycles. The number of aromatic carboxylic acids is 2. The molecule has 0 fully saturated rings. The molecule has 0 spiro atoms. The van der Waals surface area contributed by atoms with E-state index in [1.54, 1.807) is 48.5 Å². The van der Waals surface area contributed by atoms with Crippen LogP contribution in [0.5, 0.6) is 40.2 Å². The van der Waals surface area contributed by atoms with Gasteiger partial charge in [0.1, 0.15) is 75.7 Å². The number of rotatable bonds is 12. The lowest BCUT2D eigenvalue weighted by Gasteiger charge is -2.19. The third-order valence-corrected chi connectivity index (χ3v) is 8.83. The first-order chi connectivity index (χ1) is 32.0. The smallest absolute Gasteiger partial charge is 0.508 e. The number of hydrogen-bond donors (Lipinski definition) is 3. The van der Waals surface area contributed by atoms with Crippen LogP contribution in [0.3, 0.4) is 0 Å². The van der Waals surface area contributed by atoms with Crippen LogP contribution in [0.15, 0.2) is 126 Å². The molecule has 0 aromatic heterocycles. The molecule has 6 rings (SSSR count). The van der Waals surface area contributed by atoms with E-state index in [4.69, 9.17) is 24.4 Å². The zero-order valence-electron chi connectivity index (χ0n) is 33.8. The van der Waals surface area contributed by atoms with Crippen LogP contribution in [0.2, 0.25) is 0 Å². The molecule has 0 aliphatic rings. The van der Waals surface area contributed by atoms with E-state index in [0.29, 0.717) is 17.2 Å². The molecule has 25 heteroatoms. The number of alkyl halides is 12. The van der Waals surface area contributed by atoms with Gasteiger partial charge in [0, 0.05) is 10.5 Å². The van der Waals surface area contributed by atoms with Gasteiger partial charge in [-0.1, -0.05) is 60.7 Å². The fraction of sp³-hybridized carbons (Fsp3) is 0.136. The minimum Gasteiger partial charge on any atom is -0.508 e. The van der Waals surface area contributed by atoms with Gasteiger partial charge in [-0.2, -0.15) is 26.3 Å². The van der Waals surface area contributed by atoms with Gasteiger partial charge in [0.15, 0.2) is 11.6 Å². The topological polar surface area (TPSA) is 141 Å². The standard InChI is InChI=1S/C22H13F7O5.C15H9BrF4O3.C7H5F3O2/c23-19-17(20(30)31)15(33-13-6-8-14(9-7-13)34-22(27,28)29)10-16(18(19)21(24,25)26)32-11-12-4-2-1-3-5-12;16-9-6-10(23-7-8-4-2-1-3-5-8)12(15(18,19)20)13(17)11(9)14(21)22;8-7(9,10)12-6-3-1-5(11)2-4-6/h1-10H,11H2,(H,30,31);1-6H,7H2,(H,21,22);1-4,11H. The van der Waals surface area contributed by atoms with Gasteiger partial charge < -0.3 is 39.0 Å². The molecule has 69 heavy (non-hydrogen) atoms. The summed E-state index contributed by atoms with van der Waals surface area (Å²) in [5.41, 5.74) is -5.18. The lowest BCUT2D eigenvalue weighted by atomic mass is 10.1. The summed E-state index contributed by atoms with van der Waals surface area (Å²) < 4.78 is 203. The summed E-state index contributed by atoms with van der Waals surface area (Å²) in [6.45, 7) is -0.624. The molecular weight excluding hydrogens is 1030 g/mol. The van der Waals surface area contributed by atoms with E-state index < -0.39 is 101 Å². The van der Waals surface area contributed by atoms with Crippen LogP contribution >= 0.6 is 15.9 Å². The van der Waals surface area contributed by atoms with E-state index in [0.717, 1.165) is 54.6 Å². The van der Waals surface area contributed by atoms with Gasteiger partial charge in [-0.25, -0.2) is 18.4 Å². The summed E-state index contributed by atoms with van der Waals surface area (Å²) in [5.74, 6) is -12.0. The zero-order valence-corrected chi connectivity index (χ0v) is 35.4. The molecule has 0 aliphatic heterocycles. The quantitative estimate of drug-likeness (QED) is 0.101. The first-order valence-electron chi connectivity index (χ1n) is 18.5. The van der Waals surface area contributed by atoms with Crippen molar-refractivity contribution < 1.29 is 110 Å². The molecule has 0 unspecified atom stereocenters. The number of ether oxygens (including phenoxy) is 5. The average Bonchev–Trinajstić information content (AvgIpc) is 3.22. The summed E-state index contributed by atoms with van der Waals surface area (Å²) in [7, 11) is 0. The van der Waals surface area contributed by atoms with Gasteiger partial charge in [0.2, 0.25) is 0 Å². The minimum absolute atomic E-state index is 0.107. The molecular formula is C44H27BrF14O10. The Morgan fingerprint density at radius 2 is 0.855 bits per heavy atom. The van der Waals surface area contributed by atoms with Crippen LogP contribution in [-0.4, -0.2) is 40.0 Å². The van der Waals surface area contributed by atoms with Crippen molar-refractivity contribution in [2.24, 2.45) is 0 Å². The number of aromatic hydroxyl groups is 1. The lowest BCUT2D eigenvalue weighted by Crippen LogP contribution is -2.17. The number of carboxylic acids is 2. The second-order valence-electron chi connectivity index (χ2n) is 13.2. The highest BCUT2D eigenvalue weighted by Crippen LogP contribution is 2.45. The van der Waals surface area contributed by atoms with Gasteiger partial charge in [0.05, 0.1) is 0 Å². The number of benzene rings is 6. The van der Waals surface area contributed by atoms with Crippen molar-refractivity contribution in [1.29, 1.82) is 0 Å². The van der Waals surface area contributed by atoms with Crippen molar-refractivity contribution in [3.63, 3.8) is 0 Å². The summed E-state index contributed by atoms with van der Waals surface area (Å²) in [6, 6.07) is 25.4. The van der Waals surface area contributed by atoms with Gasteiger partial charge in [-0.05, 0) is 81.7 Å². The Hall–Kier alpha value is -7.44. The van der Waals surface area contributed by atoms with E-state index in [9.17, 15) is 76.2 Å². The van der Waals surface area contributed by atoms with E-state index >= 15 is 0 Å². The van der Waals surface area contributed by atoms with Crippen molar-refractivity contribution in [2.45, 2.75) is 38.3 Å². The maximum atomic E-state index is 14.8. The average molecular weight is 1060 g/mol. The summed E-state index contributed by atoms with van der Waals surface area (Å²) in [6.07, 6.45) is -20.1. The second-order valence-corrected chi connectivity index (χ2v) is 14.0. The number of phenolic OH excluding ortho intramolecular Hbond substituents is 1. The first-order valence-corrected chi connectivity index (χ1v) is 19.2. The SMILES string of the molecule is O=C(O)c1c(Br)cc(OCc2ccccc2)c(C(F)(F)F)c1F.O=C(O)c1c(Oc2ccc(OC(F)(F)F)cc2)cc(OCc2ccccc2)c(C(F)(F)F)c1F.Oc1ccc(OC(F)(F)F)cc1. The Bertz CT molecular complexity index is 2680. The number of phenols is 1. The Labute approximate surface area is 386 Å². The summed E-state index contributed by atoms with van der Waals surface area (Å²) >= 11 is 2.76. The molecule has 0 heterocycles. The van der Waals surface area contributed by atoms with Crippen LogP contribution < -0.4 is 23.7 Å². The molecule has 6 aromatic carbocycles. The third-order valence-electron chi connectivity index (χ3n) is 8.20. The first kappa shape index (κ1) is 54.2. The van der Waals surface area contributed by atoms with E-state index in [-0.39, 0.29) is 28.3 Å². The van der Waals surface area contributed by atoms with Crippen molar-refractivity contribution >= 4 is 27.9 Å². The zero-order chi connectivity index (χ0) is 51.5. The number of carbonyl (C=O) groups is 2. The minimum atomic E-state index is -5.31. The van der Waals surface area contributed by atoms with Gasteiger partial charge >= 0.3 is 37.0 Å². The van der Waals surface area contributed by atoms with Gasteiger partial charge in [-0.3, -0.25) is 0 Å². The molecule has 0 atom stereocenters. The molecule has 0 amide bonds. The molecule has 10 nitrogen and oxygen atoms in total. The van der Waals surface area contributed by atoms with Crippen LogP contribution in [0, 0.1) is 11.6 Å². The predicted octanol–water partition coefficient (Wildman–Crippen LogP) is 14.0. The Balaban J connectivity index is 0.000000254. The van der Waals surface area contributed by atoms with Crippen LogP contribution in [0.25, 0.3) is 0 Å². The molecule has 3 N–H and O–H groups in total. The number of carboxylic acid groups (broad SMARTS) is 2. The summed E-state index contributed by atoms with van der Waals surface area (Å²) in [4.78, 5) is 22.5. The fourth-order valence-corrected chi connectivity index (χ4v) is 5.94. The summed E-state index contributed by atoms with van der Waals surface area (Å²) in [5, 5.41) is 26.9.